The monoisotopic (exact) mass is 843 g/mol. The van der Waals surface area contributed by atoms with E-state index in [2.05, 4.69) is 238 Å². The van der Waals surface area contributed by atoms with Crippen LogP contribution < -0.4 is 9.64 Å². The lowest BCUT2D eigenvalue weighted by atomic mass is 9.64. The van der Waals surface area contributed by atoms with Crippen molar-refractivity contribution in [3.63, 3.8) is 0 Å². The second-order valence-corrected chi connectivity index (χ2v) is 22.2. The minimum atomic E-state index is -0.637. The Balaban J connectivity index is 1.15. The number of anilines is 3. The van der Waals surface area contributed by atoms with Crippen molar-refractivity contribution in [1.82, 2.24) is 0 Å². The number of fused-ring (bicyclic) bond motifs is 15. The summed E-state index contributed by atoms with van der Waals surface area (Å²) >= 11 is 0. The smallest absolute Gasteiger partial charge is 0.132 e. The van der Waals surface area contributed by atoms with Crippen LogP contribution >= 0.6 is 0 Å². The molecule has 0 fully saturated rings. The van der Waals surface area contributed by atoms with Crippen LogP contribution in [0.25, 0.3) is 33.4 Å². The first-order valence-electron chi connectivity index (χ1n) is 23.5. The number of hydrogen-bond acceptors (Lipinski definition) is 2. The van der Waals surface area contributed by atoms with Crippen LogP contribution in [-0.2, 0) is 27.1 Å². The zero-order valence-electron chi connectivity index (χ0n) is 39.4. The van der Waals surface area contributed by atoms with Gasteiger partial charge in [-0.1, -0.05) is 172 Å². The number of nitrogens with zero attached hydrogens (tertiary/aromatic N) is 1. The van der Waals surface area contributed by atoms with Crippen molar-refractivity contribution in [3.8, 4) is 44.9 Å². The fourth-order valence-corrected chi connectivity index (χ4v) is 12.1. The van der Waals surface area contributed by atoms with E-state index in [0.29, 0.717) is 0 Å². The summed E-state index contributed by atoms with van der Waals surface area (Å²) in [5, 5.41) is 0. The maximum atomic E-state index is 7.01. The van der Waals surface area contributed by atoms with Crippen molar-refractivity contribution in [1.29, 1.82) is 0 Å². The molecule has 1 heterocycles. The third kappa shape index (κ3) is 5.46. The highest BCUT2D eigenvalue weighted by molar-refractivity contribution is 5.93. The Morgan fingerprint density at radius 3 is 1.12 bits per heavy atom. The molecule has 1 spiro atoms. The summed E-state index contributed by atoms with van der Waals surface area (Å²) in [6, 6.07) is 62.7. The van der Waals surface area contributed by atoms with Crippen molar-refractivity contribution in [3.05, 3.63) is 219 Å². The van der Waals surface area contributed by atoms with Gasteiger partial charge in [0.15, 0.2) is 0 Å². The van der Waals surface area contributed by atoms with Crippen LogP contribution in [0.4, 0.5) is 17.1 Å². The minimum Gasteiger partial charge on any atom is -0.457 e. The molecule has 8 aromatic carbocycles. The Morgan fingerprint density at radius 1 is 0.338 bits per heavy atom. The molecule has 0 radical (unpaired) electrons. The number of benzene rings is 8. The van der Waals surface area contributed by atoms with Gasteiger partial charge in [0.05, 0.1) is 5.41 Å². The molecule has 4 aliphatic rings. The summed E-state index contributed by atoms with van der Waals surface area (Å²) < 4.78 is 7.01. The highest BCUT2D eigenvalue weighted by Crippen LogP contribution is 2.64. The van der Waals surface area contributed by atoms with Gasteiger partial charge >= 0.3 is 0 Å². The standard InChI is InChI=1S/C63H57NO/c1-59(2,3)38-23-31-57-55(33-38)63(56-34-39(60(4,5)6)24-32-58(56)65-57)51-22-16-13-19-45(51)48-30-27-42(37-54(48)63)64(40-25-28-46-43-17-11-14-20-49(43)61(7,8)52(46)35-40)41-26-29-47-44-18-12-15-21-50(44)62(9,10)53(47)36-41/h11-37H,1-10H3. The van der Waals surface area contributed by atoms with E-state index in [1.54, 1.807) is 0 Å². The van der Waals surface area contributed by atoms with Crippen LogP contribution in [0.15, 0.2) is 164 Å². The van der Waals surface area contributed by atoms with Gasteiger partial charge in [-0.05, 0) is 149 Å². The van der Waals surface area contributed by atoms with E-state index in [9.17, 15) is 0 Å². The molecule has 2 nitrogen and oxygen atoms in total. The van der Waals surface area contributed by atoms with Crippen molar-refractivity contribution in [2.45, 2.75) is 96.3 Å². The molecule has 8 aromatic rings. The molecule has 3 aliphatic carbocycles. The highest BCUT2D eigenvalue weighted by atomic mass is 16.5. The number of rotatable bonds is 3. The lowest BCUT2D eigenvalue weighted by Crippen LogP contribution is -2.33. The zero-order chi connectivity index (χ0) is 45.0. The quantitative estimate of drug-likeness (QED) is 0.176. The normalized spacial score (nSPS) is 16.0. The summed E-state index contributed by atoms with van der Waals surface area (Å²) in [4.78, 5) is 2.54. The summed E-state index contributed by atoms with van der Waals surface area (Å²) in [6.07, 6.45) is 0. The first kappa shape index (κ1) is 39.9. The van der Waals surface area contributed by atoms with E-state index in [1.807, 2.05) is 0 Å². The Hall–Kier alpha value is -6.64. The van der Waals surface area contributed by atoms with Crippen LogP contribution in [0.2, 0.25) is 0 Å². The second-order valence-electron chi connectivity index (χ2n) is 22.2. The largest absolute Gasteiger partial charge is 0.457 e. The average Bonchev–Trinajstić information content (AvgIpc) is 3.80. The molecule has 0 atom stereocenters. The van der Waals surface area contributed by atoms with Gasteiger partial charge in [-0.25, -0.2) is 0 Å². The summed E-state index contributed by atoms with van der Waals surface area (Å²) in [5.74, 6) is 1.83. The van der Waals surface area contributed by atoms with Crippen LogP contribution in [0, 0.1) is 0 Å². The number of hydrogen-bond donors (Lipinski definition) is 0. The lowest BCUT2D eigenvalue weighted by molar-refractivity contribution is 0.433. The van der Waals surface area contributed by atoms with Gasteiger partial charge in [-0.3, -0.25) is 0 Å². The molecule has 0 saturated heterocycles. The van der Waals surface area contributed by atoms with Crippen molar-refractivity contribution < 1.29 is 4.74 Å². The van der Waals surface area contributed by atoms with Crippen molar-refractivity contribution >= 4 is 17.1 Å². The summed E-state index contributed by atoms with van der Waals surface area (Å²) in [5.41, 5.74) is 23.3. The molecule has 2 heteroatoms. The van der Waals surface area contributed by atoms with Crippen LogP contribution in [0.5, 0.6) is 11.5 Å². The van der Waals surface area contributed by atoms with Gasteiger partial charge < -0.3 is 9.64 Å². The zero-order valence-corrected chi connectivity index (χ0v) is 39.4. The molecule has 1 aliphatic heterocycles. The van der Waals surface area contributed by atoms with E-state index in [0.717, 1.165) is 28.6 Å². The maximum absolute atomic E-state index is 7.01. The van der Waals surface area contributed by atoms with Crippen LogP contribution in [0.3, 0.4) is 0 Å². The predicted octanol–water partition coefficient (Wildman–Crippen LogP) is 16.8. The van der Waals surface area contributed by atoms with E-state index in [1.165, 1.54) is 89.0 Å². The van der Waals surface area contributed by atoms with E-state index >= 15 is 0 Å². The molecule has 12 rings (SSSR count). The molecule has 65 heavy (non-hydrogen) atoms. The summed E-state index contributed by atoms with van der Waals surface area (Å²) in [7, 11) is 0. The molecule has 0 unspecified atom stereocenters. The van der Waals surface area contributed by atoms with E-state index in [-0.39, 0.29) is 21.7 Å². The molecule has 0 bridgehead atoms. The number of ether oxygens (including phenoxy) is 1. The first-order chi connectivity index (χ1) is 31.0. The maximum Gasteiger partial charge on any atom is 0.132 e. The van der Waals surface area contributed by atoms with E-state index in [4.69, 9.17) is 4.74 Å². The Morgan fingerprint density at radius 2 is 0.692 bits per heavy atom. The van der Waals surface area contributed by atoms with Gasteiger partial charge in [-0.15, -0.1) is 0 Å². The Bertz CT molecular complexity index is 3160. The fourth-order valence-electron chi connectivity index (χ4n) is 12.1. The minimum absolute atomic E-state index is 0.0641. The van der Waals surface area contributed by atoms with E-state index < -0.39 is 5.41 Å². The predicted molar refractivity (Wildman–Crippen MR) is 271 cm³/mol. The fraction of sp³-hybridized carbons (Fsp3) is 0.238. The van der Waals surface area contributed by atoms with Crippen LogP contribution in [0.1, 0.15) is 125 Å². The van der Waals surface area contributed by atoms with Crippen molar-refractivity contribution in [2.75, 3.05) is 4.90 Å². The van der Waals surface area contributed by atoms with Gasteiger partial charge in [0.1, 0.15) is 11.5 Å². The highest BCUT2D eigenvalue weighted by Gasteiger charge is 2.52. The van der Waals surface area contributed by atoms with Crippen molar-refractivity contribution in [2.24, 2.45) is 0 Å². The third-order valence-electron chi connectivity index (χ3n) is 15.7. The van der Waals surface area contributed by atoms with Gasteiger partial charge in [0, 0.05) is 39.0 Å². The topological polar surface area (TPSA) is 12.5 Å². The second kappa shape index (κ2) is 13.2. The Kier molecular flexibility index (Phi) is 8.12. The van der Waals surface area contributed by atoms with Gasteiger partial charge in [0.25, 0.3) is 0 Å². The summed E-state index contributed by atoms with van der Waals surface area (Å²) in [6.45, 7) is 23.4. The molecule has 0 N–H and O–H groups in total. The Labute approximate surface area is 385 Å². The first-order valence-corrected chi connectivity index (χ1v) is 23.5. The lowest BCUT2D eigenvalue weighted by Gasteiger charge is -2.41. The molecule has 0 amide bonds. The molecular formula is C63H57NO. The molecule has 0 aromatic heterocycles. The molecule has 320 valence electrons. The molecular weight excluding hydrogens is 787 g/mol. The van der Waals surface area contributed by atoms with Gasteiger partial charge in [0.2, 0.25) is 0 Å². The van der Waals surface area contributed by atoms with Gasteiger partial charge in [-0.2, -0.15) is 0 Å². The van der Waals surface area contributed by atoms with Crippen LogP contribution in [-0.4, -0.2) is 0 Å². The third-order valence-corrected chi connectivity index (χ3v) is 15.7. The average molecular weight is 844 g/mol. The molecule has 0 saturated carbocycles. The SMILES string of the molecule is CC(C)(C)c1ccc2c(c1)C1(c3cc(C(C)(C)C)ccc3O2)c2ccccc2-c2ccc(N(c3ccc4c(c3)C(C)(C)c3ccccc3-4)c3ccc4c(c3)C(C)(C)c3ccccc3-4)cc21.